The van der Waals surface area contributed by atoms with Gasteiger partial charge < -0.3 is 14.6 Å². The normalized spacial score (nSPS) is 15.9. The third kappa shape index (κ3) is 3.92. The van der Waals surface area contributed by atoms with E-state index in [0.717, 1.165) is 48.1 Å². The Morgan fingerprint density at radius 1 is 1.10 bits per heavy atom. The van der Waals surface area contributed by atoms with Crippen LogP contribution < -0.4 is 0 Å². The lowest BCUT2D eigenvalue weighted by Crippen LogP contribution is -2.32. The van der Waals surface area contributed by atoms with Crippen LogP contribution in [-0.2, 0) is 17.6 Å². The van der Waals surface area contributed by atoms with Gasteiger partial charge in [0.25, 0.3) is 0 Å². The number of aromatic nitrogens is 2. The first-order chi connectivity index (χ1) is 13.9. The molecule has 0 saturated carbocycles. The summed E-state index contributed by atoms with van der Waals surface area (Å²) in [5, 5.41) is 0.964. The van der Waals surface area contributed by atoms with Crippen LogP contribution in [-0.4, -0.2) is 40.0 Å². The molecule has 1 atom stereocenters. The summed E-state index contributed by atoms with van der Waals surface area (Å²) in [6.07, 6.45) is 5.16. The predicted molar refractivity (Wildman–Crippen MR) is 115 cm³/mol. The van der Waals surface area contributed by atoms with E-state index >= 15 is 0 Å². The molecule has 5 nitrogen and oxygen atoms in total. The average molecular weight is 392 g/mol. The lowest BCUT2D eigenvalue weighted by molar-refractivity contribution is 0.0339. The minimum atomic E-state index is -0.324. The highest BCUT2D eigenvalue weighted by atomic mass is 16.5. The molecule has 1 aliphatic rings. The molecule has 29 heavy (non-hydrogen) atoms. The Morgan fingerprint density at radius 3 is 2.41 bits per heavy atom. The van der Waals surface area contributed by atoms with E-state index in [1.807, 2.05) is 26.0 Å². The molecule has 0 saturated heterocycles. The number of rotatable bonds is 4. The molecule has 3 aromatic rings. The van der Waals surface area contributed by atoms with Gasteiger partial charge in [0.15, 0.2) is 0 Å². The Kier molecular flexibility index (Phi) is 5.41. The molecule has 0 amide bonds. The van der Waals surface area contributed by atoms with Gasteiger partial charge in [-0.15, -0.1) is 0 Å². The van der Waals surface area contributed by atoms with Crippen LogP contribution in [0, 0.1) is 6.92 Å². The quantitative estimate of drug-likeness (QED) is 0.661. The van der Waals surface area contributed by atoms with Crippen molar-refractivity contribution >= 4 is 16.9 Å². The van der Waals surface area contributed by atoms with Gasteiger partial charge in [-0.2, -0.15) is 0 Å². The number of fused-ring (bicyclic) bond motifs is 2. The van der Waals surface area contributed by atoms with Crippen molar-refractivity contribution in [2.45, 2.75) is 52.7 Å². The SMILES string of the molecule is Cc1[nH]c2cc3c(cc2c1C(=O)OC(C)c1ccncc1)CCN(C(C)C)CC3. The number of hydrogen-bond donors (Lipinski definition) is 1. The second-order valence-corrected chi connectivity index (χ2v) is 8.25. The van der Waals surface area contributed by atoms with Gasteiger partial charge in [-0.05, 0) is 81.5 Å². The lowest BCUT2D eigenvalue weighted by Gasteiger charge is -2.23. The fourth-order valence-corrected chi connectivity index (χ4v) is 4.27. The highest BCUT2D eigenvalue weighted by molar-refractivity contribution is 6.06. The van der Waals surface area contributed by atoms with E-state index in [2.05, 4.69) is 40.8 Å². The van der Waals surface area contributed by atoms with Gasteiger partial charge >= 0.3 is 5.97 Å². The molecule has 0 fully saturated rings. The number of carbonyl (C=O) groups excluding carboxylic acids is 1. The largest absolute Gasteiger partial charge is 0.454 e. The number of nitrogens with one attached hydrogen (secondary N) is 1. The van der Waals surface area contributed by atoms with Crippen LogP contribution in [0.1, 0.15) is 59.6 Å². The van der Waals surface area contributed by atoms with Crippen molar-refractivity contribution in [2.75, 3.05) is 13.1 Å². The summed E-state index contributed by atoms with van der Waals surface area (Å²) in [5.41, 5.74) is 6.18. The number of aryl methyl sites for hydroxylation is 1. The molecular formula is C24H29N3O2. The van der Waals surface area contributed by atoms with Crippen molar-refractivity contribution in [3.8, 4) is 0 Å². The number of carbonyl (C=O) groups is 1. The van der Waals surface area contributed by atoms with Crippen LogP contribution in [0.15, 0.2) is 36.7 Å². The first kappa shape index (κ1) is 19.6. The highest BCUT2D eigenvalue weighted by Crippen LogP contribution is 2.30. The Hall–Kier alpha value is -2.66. The minimum absolute atomic E-state index is 0.282. The van der Waals surface area contributed by atoms with Gasteiger partial charge in [0.2, 0.25) is 0 Å². The maximum atomic E-state index is 13.0. The van der Waals surface area contributed by atoms with E-state index in [-0.39, 0.29) is 12.1 Å². The number of benzene rings is 1. The zero-order valence-electron chi connectivity index (χ0n) is 17.7. The van der Waals surface area contributed by atoms with Crippen molar-refractivity contribution in [3.05, 3.63) is 64.6 Å². The number of hydrogen-bond acceptors (Lipinski definition) is 4. The van der Waals surface area contributed by atoms with E-state index in [4.69, 9.17) is 4.74 Å². The van der Waals surface area contributed by atoms with Crippen LogP contribution in [0.4, 0.5) is 0 Å². The molecule has 0 radical (unpaired) electrons. The first-order valence-electron chi connectivity index (χ1n) is 10.4. The maximum absolute atomic E-state index is 13.0. The van der Waals surface area contributed by atoms with Crippen LogP contribution in [0.2, 0.25) is 0 Å². The Balaban J connectivity index is 1.64. The Morgan fingerprint density at radius 2 is 1.76 bits per heavy atom. The molecular weight excluding hydrogens is 362 g/mol. The number of ether oxygens (including phenoxy) is 1. The Labute approximate surface area is 172 Å². The first-order valence-corrected chi connectivity index (χ1v) is 10.4. The molecule has 5 heteroatoms. The maximum Gasteiger partial charge on any atom is 0.341 e. The molecule has 0 bridgehead atoms. The number of esters is 1. The van der Waals surface area contributed by atoms with Gasteiger partial charge in [-0.1, -0.05) is 0 Å². The number of H-pyrrole nitrogens is 1. The molecule has 3 heterocycles. The average Bonchev–Trinajstić information content (AvgIpc) is 2.87. The second kappa shape index (κ2) is 7.99. The fraction of sp³-hybridized carbons (Fsp3) is 0.417. The molecule has 0 aliphatic carbocycles. The van der Waals surface area contributed by atoms with Crippen molar-refractivity contribution in [1.82, 2.24) is 14.9 Å². The van der Waals surface area contributed by atoms with Crippen LogP contribution in [0.25, 0.3) is 10.9 Å². The van der Waals surface area contributed by atoms with Gasteiger partial charge in [0.05, 0.1) is 5.56 Å². The molecule has 1 unspecified atom stereocenters. The summed E-state index contributed by atoms with van der Waals surface area (Å²) < 4.78 is 5.79. The summed E-state index contributed by atoms with van der Waals surface area (Å²) in [6, 6.07) is 8.73. The topological polar surface area (TPSA) is 58.2 Å². The van der Waals surface area contributed by atoms with E-state index < -0.39 is 0 Å². The van der Waals surface area contributed by atoms with Crippen LogP contribution >= 0.6 is 0 Å². The zero-order chi connectivity index (χ0) is 20.5. The third-order valence-electron chi connectivity index (χ3n) is 6.04. The van der Waals surface area contributed by atoms with Crippen LogP contribution in [0.5, 0.6) is 0 Å². The van der Waals surface area contributed by atoms with Crippen molar-refractivity contribution in [3.63, 3.8) is 0 Å². The molecule has 2 aromatic heterocycles. The number of aromatic amines is 1. The molecule has 1 N–H and O–H groups in total. The fourth-order valence-electron chi connectivity index (χ4n) is 4.27. The predicted octanol–water partition coefficient (Wildman–Crippen LogP) is 4.60. The molecule has 152 valence electrons. The van der Waals surface area contributed by atoms with Crippen LogP contribution in [0.3, 0.4) is 0 Å². The summed E-state index contributed by atoms with van der Waals surface area (Å²) in [5.74, 6) is -0.282. The second-order valence-electron chi connectivity index (χ2n) is 8.25. The molecule has 0 spiro atoms. The minimum Gasteiger partial charge on any atom is -0.454 e. The smallest absolute Gasteiger partial charge is 0.341 e. The van der Waals surface area contributed by atoms with Crippen molar-refractivity contribution in [2.24, 2.45) is 0 Å². The summed E-state index contributed by atoms with van der Waals surface area (Å²) in [7, 11) is 0. The molecule has 1 aromatic carbocycles. The monoisotopic (exact) mass is 391 g/mol. The highest BCUT2D eigenvalue weighted by Gasteiger charge is 2.23. The van der Waals surface area contributed by atoms with E-state index in [9.17, 15) is 4.79 Å². The summed E-state index contributed by atoms with van der Waals surface area (Å²) in [4.78, 5) is 23.0. The van der Waals surface area contributed by atoms with E-state index in [1.54, 1.807) is 12.4 Å². The number of pyridine rings is 1. The zero-order valence-corrected chi connectivity index (χ0v) is 17.7. The third-order valence-corrected chi connectivity index (χ3v) is 6.04. The Bertz CT molecular complexity index is 1020. The molecule has 1 aliphatic heterocycles. The summed E-state index contributed by atoms with van der Waals surface area (Å²) in [6.45, 7) is 10.5. The van der Waals surface area contributed by atoms with Gasteiger partial charge in [-0.25, -0.2) is 4.79 Å². The van der Waals surface area contributed by atoms with Crippen molar-refractivity contribution < 1.29 is 9.53 Å². The van der Waals surface area contributed by atoms with Crippen molar-refractivity contribution in [1.29, 1.82) is 0 Å². The van der Waals surface area contributed by atoms with Gasteiger partial charge in [-0.3, -0.25) is 4.98 Å². The standard InChI is InChI=1S/C24H29N3O2/c1-15(2)27-11-7-19-13-21-22(14-20(19)8-12-27)26-16(3)23(21)24(28)29-17(4)18-5-9-25-10-6-18/h5-6,9-10,13-15,17,26H,7-8,11-12H2,1-4H3. The van der Waals surface area contributed by atoms with Gasteiger partial charge in [0.1, 0.15) is 6.10 Å². The van der Waals surface area contributed by atoms with E-state index in [1.165, 1.54) is 11.1 Å². The summed E-state index contributed by atoms with van der Waals surface area (Å²) >= 11 is 0. The molecule has 4 rings (SSSR count). The number of nitrogens with zero attached hydrogens (tertiary/aromatic N) is 2. The van der Waals surface area contributed by atoms with E-state index in [0.29, 0.717) is 11.6 Å². The van der Waals surface area contributed by atoms with Gasteiger partial charge in [0, 0.05) is 48.1 Å². The lowest BCUT2D eigenvalue weighted by atomic mass is 9.99.